The maximum Gasteiger partial charge on any atom is 0.274 e. The van der Waals surface area contributed by atoms with Crippen LogP contribution in [-0.4, -0.2) is 35.2 Å². The first kappa shape index (κ1) is 15.3. The molecule has 5 heteroatoms. The molecule has 1 aromatic carbocycles. The molecule has 1 amide bonds. The number of nitrogens with zero attached hydrogens (tertiary/aromatic N) is 1. The smallest absolute Gasteiger partial charge is 0.274 e. The summed E-state index contributed by atoms with van der Waals surface area (Å²) in [5.74, 6) is 1.05. The van der Waals surface area contributed by atoms with Crippen LogP contribution in [0, 0.1) is 5.92 Å². The summed E-state index contributed by atoms with van der Waals surface area (Å²) in [6.45, 7) is 4.81. The van der Waals surface area contributed by atoms with Gasteiger partial charge in [-0.2, -0.15) is 0 Å². The molecule has 1 aromatic rings. The van der Waals surface area contributed by atoms with Crippen molar-refractivity contribution in [3.05, 3.63) is 29.3 Å². The van der Waals surface area contributed by atoms with Crippen molar-refractivity contribution in [1.29, 1.82) is 0 Å². The Balaban J connectivity index is 1.76. The highest BCUT2D eigenvalue weighted by Gasteiger charge is 2.26. The first-order valence-electron chi connectivity index (χ1n) is 8.11. The number of benzene rings is 1. The second kappa shape index (κ2) is 6.67. The van der Waals surface area contributed by atoms with Gasteiger partial charge in [0, 0.05) is 30.3 Å². The van der Waals surface area contributed by atoms with E-state index in [9.17, 15) is 4.79 Å². The van der Waals surface area contributed by atoms with Gasteiger partial charge in [-0.05, 0) is 37.8 Å². The van der Waals surface area contributed by atoms with Crippen molar-refractivity contribution in [2.75, 3.05) is 13.2 Å². The predicted octanol–water partition coefficient (Wildman–Crippen LogP) is 2.58. The van der Waals surface area contributed by atoms with Crippen LogP contribution in [0.3, 0.4) is 0 Å². The third-order valence-electron chi connectivity index (χ3n) is 4.88. The van der Waals surface area contributed by atoms with Crippen LogP contribution >= 0.6 is 0 Å². The van der Waals surface area contributed by atoms with E-state index in [1.54, 1.807) is 17.6 Å². The molecule has 3 rings (SSSR count). The summed E-state index contributed by atoms with van der Waals surface area (Å²) < 4.78 is 5.89. The number of hydrogen-bond acceptors (Lipinski definition) is 4. The zero-order valence-electron chi connectivity index (χ0n) is 13.0. The summed E-state index contributed by atoms with van der Waals surface area (Å²) in [5, 5.41) is 8.74. The monoisotopic (exact) mass is 304 g/mol. The van der Waals surface area contributed by atoms with Crippen molar-refractivity contribution >= 4 is 5.91 Å². The van der Waals surface area contributed by atoms with Crippen molar-refractivity contribution < 1.29 is 14.7 Å². The lowest BCUT2D eigenvalue weighted by molar-refractivity contribution is 0.0706. The van der Waals surface area contributed by atoms with Crippen LogP contribution in [0.15, 0.2) is 18.2 Å². The lowest BCUT2D eigenvalue weighted by Crippen LogP contribution is -2.37. The summed E-state index contributed by atoms with van der Waals surface area (Å²) in [6.07, 6.45) is 5.40. The number of rotatable bonds is 3. The second-order valence-corrected chi connectivity index (χ2v) is 6.50. The van der Waals surface area contributed by atoms with Gasteiger partial charge in [0.2, 0.25) is 0 Å². The molecular formula is C17H24N2O3. The molecule has 0 spiro atoms. The normalized spacial score (nSPS) is 22.7. The molecule has 120 valence electrons. The van der Waals surface area contributed by atoms with E-state index in [0.717, 1.165) is 30.3 Å². The second-order valence-electron chi connectivity index (χ2n) is 6.50. The Bertz CT molecular complexity index is 541. The molecule has 1 saturated carbocycles. The fraction of sp³-hybridized carbons (Fsp3) is 0.588. The van der Waals surface area contributed by atoms with E-state index in [0.29, 0.717) is 18.2 Å². The van der Waals surface area contributed by atoms with Crippen molar-refractivity contribution in [2.24, 2.45) is 5.92 Å². The third-order valence-corrected chi connectivity index (χ3v) is 4.88. The Kier molecular flexibility index (Phi) is 4.64. The summed E-state index contributed by atoms with van der Waals surface area (Å²) in [5.41, 5.74) is 3.19. The number of carbonyl (C=O) groups is 1. The molecule has 1 aliphatic carbocycles. The Morgan fingerprint density at radius 2 is 2.18 bits per heavy atom. The van der Waals surface area contributed by atoms with Gasteiger partial charge in [0.05, 0.1) is 0 Å². The maximum atomic E-state index is 11.5. The van der Waals surface area contributed by atoms with Gasteiger partial charge >= 0.3 is 0 Å². The fourth-order valence-corrected chi connectivity index (χ4v) is 3.48. The Morgan fingerprint density at radius 3 is 2.91 bits per heavy atom. The van der Waals surface area contributed by atoms with Gasteiger partial charge in [-0.1, -0.05) is 18.9 Å². The van der Waals surface area contributed by atoms with E-state index in [1.165, 1.54) is 25.7 Å². The van der Waals surface area contributed by atoms with E-state index in [2.05, 4.69) is 11.8 Å². The van der Waals surface area contributed by atoms with Crippen LogP contribution in [0.25, 0.3) is 0 Å². The van der Waals surface area contributed by atoms with Gasteiger partial charge in [0.15, 0.2) is 0 Å². The number of ether oxygens (including phenoxy) is 1. The van der Waals surface area contributed by atoms with E-state index >= 15 is 0 Å². The van der Waals surface area contributed by atoms with Crippen LogP contribution in [0.1, 0.15) is 48.5 Å². The molecule has 0 bridgehead atoms. The highest BCUT2D eigenvalue weighted by molar-refractivity contribution is 5.93. The Labute approximate surface area is 131 Å². The first-order valence-corrected chi connectivity index (χ1v) is 8.11. The summed E-state index contributed by atoms with van der Waals surface area (Å²) in [6, 6.07) is 5.74. The summed E-state index contributed by atoms with van der Waals surface area (Å²) >= 11 is 0. The largest absolute Gasteiger partial charge is 0.492 e. The van der Waals surface area contributed by atoms with Gasteiger partial charge in [-0.15, -0.1) is 0 Å². The molecule has 5 nitrogen and oxygen atoms in total. The summed E-state index contributed by atoms with van der Waals surface area (Å²) in [4.78, 5) is 14.0. The van der Waals surface area contributed by atoms with E-state index < -0.39 is 5.91 Å². The lowest BCUT2D eigenvalue weighted by Gasteiger charge is -2.28. The fourth-order valence-electron chi connectivity index (χ4n) is 3.48. The molecule has 0 saturated heterocycles. The van der Waals surface area contributed by atoms with Crippen LogP contribution in [0.5, 0.6) is 5.75 Å². The van der Waals surface area contributed by atoms with Gasteiger partial charge in [0.1, 0.15) is 12.4 Å². The quantitative estimate of drug-likeness (QED) is 0.665. The lowest BCUT2D eigenvalue weighted by atomic mass is 10.1. The molecule has 0 radical (unpaired) electrons. The topological polar surface area (TPSA) is 61.8 Å². The van der Waals surface area contributed by atoms with Gasteiger partial charge in [0.25, 0.3) is 5.91 Å². The van der Waals surface area contributed by atoms with Crippen molar-refractivity contribution in [3.8, 4) is 5.75 Å². The van der Waals surface area contributed by atoms with Crippen LogP contribution in [0.2, 0.25) is 0 Å². The number of carbonyl (C=O) groups excluding carboxylic acids is 1. The first-order chi connectivity index (χ1) is 10.7. The minimum Gasteiger partial charge on any atom is -0.492 e. The Morgan fingerprint density at radius 1 is 1.41 bits per heavy atom. The highest BCUT2D eigenvalue weighted by atomic mass is 16.5. The number of fused-ring (bicyclic) bond motifs is 1. The molecule has 1 aliphatic heterocycles. The van der Waals surface area contributed by atoms with Crippen LogP contribution in [-0.2, 0) is 6.54 Å². The number of hydroxylamine groups is 1. The molecular weight excluding hydrogens is 280 g/mol. The maximum absolute atomic E-state index is 11.5. The van der Waals surface area contributed by atoms with E-state index in [1.807, 2.05) is 6.07 Å². The number of hydrogen-bond donors (Lipinski definition) is 2. The van der Waals surface area contributed by atoms with Gasteiger partial charge < -0.3 is 4.74 Å². The average molecular weight is 304 g/mol. The van der Waals surface area contributed by atoms with Crippen molar-refractivity contribution in [3.63, 3.8) is 0 Å². The molecule has 1 heterocycles. The minimum absolute atomic E-state index is 0.364. The summed E-state index contributed by atoms with van der Waals surface area (Å²) in [7, 11) is 0. The van der Waals surface area contributed by atoms with Crippen LogP contribution in [0.4, 0.5) is 0 Å². The molecule has 2 N–H and O–H groups in total. The van der Waals surface area contributed by atoms with Gasteiger partial charge in [-0.3, -0.25) is 14.9 Å². The zero-order chi connectivity index (χ0) is 15.5. The average Bonchev–Trinajstić information content (AvgIpc) is 2.99. The van der Waals surface area contributed by atoms with Crippen molar-refractivity contribution in [1.82, 2.24) is 10.4 Å². The SMILES string of the molecule is CC1COc2cc(C(=O)NO)ccc2CN1CC1CCCC1. The van der Waals surface area contributed by atoms with Gasteiger partial charge in [-0.25, -0.2) is 5.48 Å². The molecule has 1 unspecified atom stereocenters. The standard InChI is InChI=1S/C17H24N2O3/c1-12-11-22-16-8-14(17(20)18-21)6-7-15(16)10-19(12)9-13-4-2-3-5-13/h6-8,12-13,21H,2-5,9-11H2,1H3,(H,18,20). The van der Waals surface area contributed by atoms with Crippen LogP contribution < -0.4 is 10.2 Å². The Hall–Kier alpha value is -1.59. The number of amides is 1. The molecule has 1 fully saturated rings. The molecule has 22 heavy (non-hydrogen) atoms. The molecule has 1 atom stereocenters. The molecule has 0 aromatic heterocycles. The zero-order valence-corrected chi connectivity index (χ0v) is 13.0. The minimum atomic E-state index is -0.508. The third kappa shape index (κ3) is 3.25. The number of nitrogens with one attached hydrogen (secondary N) is 1. The highest BCUT2D eigenvalue weighted by Crippen LogP contribution is 2.30. The van der Waals surface area contributed by atoms with E-state index in [4.69, 9.17) is 9.94 Å². The molecule has 2 aliphatic rings. The van der Waals surface area contributed by atoms with Crippen molar-refractivity contribution in [2.45, 2.75) is 45.2 Å². The predicted molar refractivity (Wildman–Crippen MR) is 83.0 cm³/mol. The van der Waals surface area contributed by atoms with E-state index in [-0.39, 0.29) is 0 Å².